The van der Waals surface area contributed by atoms with E-state index in [0.29, 0.717) is 6.42 Å². The number of phosphoric ester groups is 1. The van der Waals surface area contributed by atoms with Crippen molar-refractivity contribution < 1.29 is 37.6 Å². The summed E-state index contributed by atoms with van der Waals surface area (Å²) in [5.41, 5.74) is 5.32. The minimum Gasteiger partial charge on any atom is -0.462 e. The summed E-state index contributed by atoms with van der Waals surface area (Å²) >= 11 is 0. The number of rotatable bonds is 33. The van der Waals surface area contributed by atoms with Gasteiger partial charge in [-0.2, -0.15) is 0 Å². The maximum absolute atomic E-state index is 12.4. The van der Waals surface area contributed by atoms with E-state index >= 15 is 0 Å². The zero-order valence-corrected chi connectivity index (χ0v) is 30.4. The Morgan fingerprint density at radius 2 is 1.17 bits per heavy atom. The van der Waals surface area contributed by atoms with Crippen LogP contribution in [0.3, 0.4) is 0 Å². The van der Waals surface area contributed by atoms with Crippen LogP contribution in [0.1, 0.15) is 142 Å². The van der Waals surface area contributed by atoms with E-state index in [0.717, 1.165) is 44.9 Å². The molecule has 0 aliphatic heterocycles. The molecule has 0 saturated carbocycles. The van der Waals surface area contributed by atoms with Crippen LogP contribution in [0.2, 0.25) is 0 Å². The number of phosphoric acid groups is 1. The number of nitrogens with two attached hydrogens (primary N) is 1. The summed E-state index contributed by atoms with van der Waals surface area (Å²) in [5.74, 6) is -0.926. The van der Waals surface area contributed by atoms with E-state index < -0.39 is 32.5 Å². The van der Waals surface area contributed by atoms with Crippen molar-refractivity contribution in [1.82, 2.24) is 0 Å². The number of hydrogen-bond acceptors (Lipinski definition) is 8. The molecular formula is C37H66NO8P. The fourth-order valence-corrected chi connectivity index (χ4v) is 5.35. The Labute approximate surface area is 286 Å². The maximum atomic E-state index is 12.4. The average molecular weight is 684 g/mol. The third kappa shape index (κ3) is 33.7. The zero-order valence-electron chi connectivity index (χ0n) is 29.5. The highest BCUT2D eigenvalue weighted by Gasteiger charge is 2.25. The van der Waals surface area contributed by atoms with Gasteiger partial charge in [-0.1, -0.05) is 140 Å². The Morgan fingerprint density at radius 3 is 1.70 bits per heavy atom. The van der Waals surface area contributed by atoms with Gasteiger partial charge in [-0.15, -0.1) is 0 Å². The second-order valence-corrected chi connectivity index (χ2v) is 13.2. The first-order valence-corrected chi connectivity index (χ1v) is 19.6. The predicted octanol–water partition coefficient (Wildman–Crippen LogP) is 9.60. The molecule has 2 atom stereocenters. The lowest BCUT2D eigenvalue weighted by molar-refractivity contribution is -0.161. The molecule has 0 saturated heterocycles. The second-order valence-electron chi connectivity index (χ2n) is 11.7. The Morgan fingerprint density at radius 1 is 0.660 bits per heavy atom. The lowest BCUT2D eigenvalue weighted by Gasteiger charge is -2.19. The molecule has 0 aromatic rings. The molecule has 0 spiro atoms. The molecule has 0 rings (SSSR count). The van der Waals surface area contributed by atoms with Gasteiger partial charge in [0.25, 0.3) is 0 Å². The van der Waals surface area contributed by atoms with E-state index in [1.807, 2.05) is 12.2 Å². The smallest absolute Gasteiger partial charge is 0.462 e. The van der Waals surface area contributed by atoms with Crippen LogP contribution in [0.25, 0.3) is 0 Å². The molecule has 9 nitrogen and oxygen atoms in total. The van der Waals surface area contributed by atoms with Gasteiger partial charge < -0.3 is 20.1 Å². The predicted molar refractivity (Wildman–Crippen MR) is 192 cm³/mol. The Hall–Kier alpha value is -2.03. The van der Waals surface area contributed by atoms with E-state index in [4.69, 9.17) is 24.3 Å². The van der Waals surface area contributed by atoms with Crippen molar-refractivity contribution in [2.24, 2.45) is 5.73 Å². The lowest BCUT2D eigenvalue weighted by Crippen LogP contribution is -2.29. The van der Waals surface area contributed by atoms with Gasteiger partial charge in [0, 0.05) is 19.4 Å². The van der Waals surface area contributed by atoms with Gasteiger partial charge in [-0.05, 0) is 38.5 Å². The van der Waals surface area contributed by atoms with Crippen LogP contribution in [0.4, 0.5) is 0 Å². The van der Waals surface area contributed by atoms with Crippen LogP contribution in [0, 0.1) is 0 Å². The summed E-state index contributed by atoms with van der Waals surface area (Å²) < 4.78 is 32.5. The number of allylic oxidation sites excluding steroid dienone is 8. The number of carbonyl (C=O) groups excluding carboxylic acids is 2. The highest BCUT2D eigenvalue weighted by molar-refractivity contribution is 7.47. The number of unbranched alkanes of at least 4 members (excludes halogenated alkanes) is 12. The summed E-state index contributed by atoms with van der Waals surface area (Å²) in [5, 5.41) is 0. The highest BCUT2D eigenvalue weighted by Crippen LogP contribution is 2.43. The van der Waals surface area contributed by atoms with E-state index in [1.165, 1.54) is 64.2 Å². The van der Waals surface area contributed by atoms with Gasteiger partial charge in [-0.25, -0.2) is 4.57 Å². The highest BCUT2D eigenvalue weighted by atomic mass is 31.2. The molecule has 0 aromatic carbocycles. The number of esters is 2. The molecule has 47 heavy (non-hydrogen) atoms. The van der Waals surface area contributed by atoms with Gasteiger partial charge in [0.1, 0.15) is 6.61 Å². The number of hydrogen-bond donors (Lipinski definition) is 2. The molecule has 0 aromatic heterocycles. The summed E-state index contributed by atoms with van der Waals surface area (Å²) in [4.78, 5) is 34.6. The van der Waals surface area contributed by atoms with Crippen LogP contribution < -0.4 is 5.73 Å². The van der Waals surface area contributed by atoms with Crippen molar-refractivity contribution >= 4 is 19.8 Å². The molecule has 0 bridgehead atoms. The third-order valence-electron chi connectivity index (χ3n) is 7.24. The van der Waals surface area contributed by atoms with Gasteiger partial charge in [0.15, 0.2) is 6.10 Å². The summed E-state index contributed by atoms with van der Waals surface area (Å²) in [6, 6.07) is 0. The van der Waals surface area contributed by atoms with Crippen molar-refractivity contribution in [3.63, 3.8) is 0 Å². The van der Waals surface area contributed by atoms with E-state index in [-0.39, 0.29) is 32.6 Å². The normalized spacial score (nSPS) is 14.0. The van der Waals surface area contributed by atoms with Crippen LogP contribution >= 0.6 is 7.82 Å². The first-order valence-electron chi connectivity index (χ1n) is 18.1. The topological polar surface area (TPSA) is 134 Å². The molecule has 0 aliphatic rings. The van der Waals surface area contributed by atoms with Crippen molar-refractivity contribution in [2.75, 3.05) is 26.4 Å². The quantitative estimate of drug-likeness (QED) is 0.0300. The first-order chi connectivity index (χ1) is 22.8. The number of carbonyl (C=O) groups is 2. The molecule has 3 N–H and O–H groups in total. The zero-order chi connectivity index (χ0) is 34.7. The van der Waals surface area contributed by atoms with Gasteiger partial charge in [0.05, 0.1) is 13.2 Å². The Kier molecular flexibility index (Phi) is 32.4. The standard InChI is InChI=1S/C37H66NO8P/c1-3-5-7-9-11-13-15-17-19-21-23-25-27-29-36(39)43-33-35(34-45-47(41,42)44-32-31-38)46-37(40)30-28-26-24-22-20-18-16-14-12-10-8-6-4-2/h6,8,12,14,18,20,24,26,35H,3-5,7,9-11,13,15-17,19,21-23,25,27-34,38H2,1-2H3,(H,41,42)/b8-6-,14-12-,20-18-,26-24-. The second kappa shape index (κ2) is 33.9. The fraction of sp³-hybridized carbons (Fsp3) is 0.730. The molecule has 0 aliphatic carbocycles. The first kappa shape index (κ1) is 45.0. The third-order valence-corrected chi connectivity index (χ3v) is 8.23. The van der Waals surface area contributed by atoms with Crippen LogP contribution in [-0.2, 0) is 32.7 Å². The molecule has 0 amide bonds. The summed E-state index contributed by atoms with van der Waals surface area (Å²) in [6.07, 6.45) is 35.9. The van der Waals surface area contributed by atoms with E-state index in [1.54, 1.807) is 0 Å². The molecule has 0 heterocycles. The minimum atomic E-state index is -4.39. The molecule has 10 heteroatoms. The van der Waals surface area contributed by atoms with Crippen LogP contribution in [0.15, 0.2) is 48.6 Å². The molecule has 272 valence electrons. The average Bonchev–Trinajstić information content (AvgIpc) is 3.05. The van der Waals surface area contributed by atoms with Crippen molar-refractivity contribution in [3.05, 3.63) is 48.6 Å². The number of ether oxygens (including phenoxy) is 2. The van der Waals surface area contributed by atoms with Gasteiger partial charge >= 0.3 is 19.8 Å². The van der Waals surface area contributed by atoms with Crippen molar-refractivity contribution in [2.45, 2.75) is 148 Å². The lowest BCUT2D eigenvalue weighted by atomic mass is 10.0. The Bertz CT molecular complexity index is 918. The molecule has 0 fully saturated rings. The monoisotopic (exact) mass is 683 g/mol. The molecular weight excluding hydrogens is 617 g/mol. The van der Waals surface area contributed by atoms with E-state index in [2.05, 4.69) is 50.3 Å². The van der Waals surface area contributed by atoms with Crippen molar-refractivity contribution in [3.8, 4) is 0 Å². The fourth-order valence-electron chi connectivity index (χ4n) is 4.59. The molecule has 2 unspecified atom stereocenters. The Balaban J connectivity index is 4.36. The SMILES string of the molecule is CC/C=C\C/C=C\C/C=C\C/C=C\CCC(=O)OC(COC(=O)CCCCCCCCCCCCCCC)COP(=O)(O)OCCN. The largest absolute Gasteiger partial charge is 0.472 e. The van der Waals surface area contributed by atoms with Gasteiger partial charge in [0.2, 0.25) is 0 Å². The minimum absolute atomic E-state index is 0.0421. The molecule has 0 radical (unpaired) electrons. The maximum Gasteiger partial charge on any atom is 0.472 e. The van der Waals surface area contributed by atoms with E-state index in [9.17, 15) is 19.0 Å². The summed E-state index contributed by atoms with van der Waals surface area (Å²) in [7, 11) is -4.39. The van der Waals surface area contributed by atoms with Crippen LogP contribution in [0.5, 0.6) is 0 Å². The van der Waals surface area contributed by atoms with Crippen molar-refractivity contribution in [1.29, 1.82) is 0 Å². The summed E-state index contributed by atoms with van der Waals surface area (Å²) in [6.45, 7) is 3.50. The van der Waals surface area contributed by atoms with Gasteiger partial charge in [-0.3, -0.25) is 18.6 Å². The van der Waals surface area contributed by atoms with Crippen LogP contribution in [-0.4, -0.2) is 49.3 Å².